The lowest BCUT2D eigenvalue weighted by molar-refractivity contribution is 0.224. The van der Waals surface area contributed by atoms with Crippen LogP contribution in [0.4, 0.5) is 5.82 Å². The Morgan fingerprint density at radius 3 is 2.71 bits per heavy atom. The maximum atomic E-state index is 4.48. The topological polar surface area (TPSA) is 32.3 Å². The predicted octanol–water partition coefficient (Wildman–Crippen LogP) is 2.57. The van der Waals surface area contributed by atoms with E-state index in [2.05, 4.69) is 26.8 Å². The summed E-state index contributed by atoms with van der Waals surface area (Å²) in [6, 6.07) is 1.54. The maximum Gasteiger partial charge on any atom is 0.147 e. The number of likely N-dealkylation sites (tertiary alicyclic amines) is 1. The number of aromatic nitrogens is 2. The summed E-state index contributed by atoms with van der Waals surface area (Å²) in [4.78, 5) is 13.9. The third-order valence-corrected chi connectivity index (χ3v) is 6.10. The molecule has 2 saturated carbocycles. The molecule has 1 aromatic heterocycles. The molecule has 1 saturated heterocycles. The Labute approximate surface area is 127 Å². The van der Waals surface area contributed by atoms with E-state index < -0.39 is 0 Å². The van der Waals surface area contributed by atoms with Crippen LogP contribution < -0.4 is 4.90 Å². The van der Waals surface area contributed by atoms with Gasteiger partial charge in [0.25, 0.3) is 0 Å². The summed E-state index contributed by atoms with van der Waals surface area (Å²) in [7, 11) is 2.20. The minimum absolute atomic E-state index is 0.651. The van der Waals surface area contributed by atoms with Gasteiger partial charge in [-0.2, -0.15) is 0 Å². The van der Waals surface area contributed by atoms with Crippen molar-refractivity contribution in [1.82, 2.24) is 14.9 Å². The third-order valence-electron chi connectivity index (χ3n) is 6.10. The van der Waals surface area contributed by atoms with Crippen molar-refractivity contribution in [3.05, 3.63) is 18.6 Å². The minimum Gasteiger partial charge on any atom is -0.355 e. The lowest BCUT2D eigenvalue weighted by atomic mass is 9.97. The summed E-state index contributed by atoms with van der Waals surface area (Å²) in [5, 5.41) is 0. The SMILES string of the molecule is CN(c1cnccn1)[C@@H]1CC[C@@H]2CN(C3CCCC3)C[C@@H]21. The molecule has 4 rings (SSSR count). The number of hydrogen-bond donors (Lipinski definition) is 0. The first-order valence-electron chi connectivity index (χ1n) is 8.56. The molecule has 4 nitrogen and oxygen atoms in total. The second-order valence-electron chi connectivity index (χ2n) is 7.14. The Balaban J connectivity index is 1.46. The van der Waals surface area contributed by atoms with Crippen LogP contribution in [0.2, 0.25) is 0 Å². The van der Waals surface area contributed by atoms with E-state index >= 15 is 0 Å². The van der Waals surface area contributed by atoms with Gasteiger partial charge in [0.1, 0.15) is 5.82 Å². The van der Waals surface area contributed by atoms with Crippen LogP contribution in [0.1, 0.15) is 38.5 Å². The molecule has 0 spiro atoms. The first-order valence-corrected chi connectivity index (χ1v) is 8.56. The first kappa shape index (κ1) is 13.5. The van der Waals surface area contributed by atoms with Crippen molar-refractivity contribution in [2.24, 2.45) is 11.8 Å². The zero-order valence-corrected chi connectivity index (χ0v) is 13.0. The first-order chi connectivity index (χ1) is 10.3. The van der Waals surface area contributed by atoms with Crippen LogP contribution in [0.15, 0.2) is 18.6 Å². The molecule has 1 aromatic rings. The molecular weight excluding hydrogens is 260 g/mol. The Morgan fingerprint density at radius 2 is 1.95 bits per heavy atom. The molecule has 21 heavy (non-hydrogen) atoms. The predicted molar refractivity (Wildman–Crippen MR) is 84.3 cm³/mol. The van der Waals surface area contributed by atoms with E-state index in [-0.39, 0.29) is 0 Å². The van der Waals surface area contributed by atoms with Crippen molar-refractivity contribution in [1.29, 1.82) is 0 Å². The van der Waals surface area contributed by atoms with E-state index in [9.17, 15) is 0 Å². The third kappa shape index (κ3) is 2.44. The van der Waals surface area contributed by atoms with Crippen LogP contribution in [0.3, 0.4) is 0 Å². The van der Waals surface area contributed by atoms with E-state index in [4.69, 9.17) is 0 Å². The van der Waals surface area contributed by atoms with E-state index in [0.29, 0.717) is 6.04 Å². The maximum absolute atomic E-state index is 4.48. The monoisotopic (exact) mass is 286 g/mol. The van der Waals surface area contributed by atoms with Crippen LogP contribution >= 0.6 is 0 Å². The van der Waals surface area contributed by atoms with Crippen molar-refractivity contribution < 1.29 is 0 Å². The molecule has 114 valence electrons. The highest BCUT2D eigenvalue weighted by molar-refractivity contribution is 5.36. The molecule has 0 radical (unpaired) electrons. The number of anilines is 1. The molecule has 3 atom stereocenters. The molecule has 3 fully saturated rings. The second-order valence-corrected chi connectivity index (χ2v) is 7.14. The Kier molecular flexibility index (Phi) is 3.57. The lowest BCUT2D eigenvalue weighted by Gasteiger charge is -2.31. The number of hydrogen-bond acceptors (Lipinski definition) is 4. The van der Waals surface area contributed by atoms with Gasteiger partial charge in [-0.3, -0.25) is 9.88 Å². The van der Waals surface area contributed by atoms with Crippen LogP contribution in [-0.4, -0.2) is 47.1 Å². The quantitative estimate of drug-likeness (QED) is 0.855. The fourth-order valence-corrected chi connectivity index (χ4v) is 4.96. The standard InChI is InChI=1S/C17H26N4/c1-20(17-10-18-8-9-19-17)16-7-6-13-11-21(12-15(13)16)14-4-2-3-5-14/h8-10,13-16H,2-7,11-12H2,1H3/t13-,15+,16-/m1/s1. The normalized spacial score (nSPS) is 33.5. The van der Waals surface area contributed by atoms with Crippen LogP contribution in [0, 0.1) is 11.8 Å². The molecule has 3 aliphatic rings. The Morgan fingerprint density at radius 1 is 1.10 bits per heavy atom. The minimum atomic E-state index is 0.651. The van der Waals surface area contributed by atoms with Gasteiger partial charge < -0.3 is 4.90 Å². The van der Waals surface area contributed by atoms with Gasteiger partial charge in [-0.15, -0.1) is 0 Å². The van der Waals surface area contributed by atoms with Crippen molar-refractivity contribution in [3.63, 3.8) is 0 Å². The zero-order chi connectivity index (χ0) is 14.2. The summed E-state index contributed by atoms with van der Waals surface area (Å²) in [5.74, 6) is 2.77. The highest BCUT2D eigenvalue weighted by Gasteiger charge is 2.46. The summed E-state index contributed by atoms with van der Waals surface area (Å²) in [6.45, 7) is 2.66. The summed E-state index contributed by atoms with van der Waals surface area (Å²) >= 11 is 0. The summed E-state index contributed by atoms with van der Waals surface area (Å²) < 4.78 is 0. The van der Waals surface area contributed by atoms with Gasteiger partial charge >= 0.3 is 0 Å². The van der Waals surface area contributed by atoms with Crippen molar-refractivity contribution in [2.75, 3.05) is 25.0 Å². The van der Waals surface area contributed by atoms with Gasteiger partial charge in [-0.25, -0.2) is 4.98 Å². The second kappa shape index (κ2) is 5.56. The van der Waals surface area contributed by atoms with E-state index in [1.165, 1.54) is 51.6 Å². The molecule has 0 aromatic carbocycles. The molecule has 0 unspecified atom stereocenters. The van der Waals surface area contributed by atoms with Gasteiger partial charge in [0.2, 0.25) is 0 Å². The number of fused-ring (bicyclic) bond motifs is 1. The number of rotatable bonds is 3. The van der Waals surface area contributed by atoms with Crippen LogP contribution in [0.5, 0.6) is 0 Å². The molecule has 0 bridgehead atoms. The number of nitrogens with zero attached hydrogens (tertiary/aromatic N) is 4. The average Bonchev–Trinajstić information content (AvgIpc) is 3.23. The van der Waals surface area contributed by atoms with E-state index in [0.717, 1.165) is 23.7 Å². The summed E-state index contributed by atoms with van der Waals surface area (Å²) in [6.07, 6.45) is 13.9. The fourth-order valence-electron chi connectivity index (χ4n) is 4.96. The van der Waals surface area contributed by atoms with E-state index in [1.54, 1.807) is 12.4 Å². The van der Waals surface area contributed by atoms with Crippen LogP contribution in [0.25, 0.3) is 0 Å². The molecular formula is C17H26N4. The van der Waals surface area contributed by atoms with Gasteiger partial charge in [-0.05, 0) is 37.5 Å². The van der Waals surface area contributed by atoms with Crippen molar-refractivity contribution in [2.45, 2.75) is 50.6 Å². The van der Waals surface area contributed by atoms with Crippen molar-refractivity contribution in [3.8, 4) is 0 Å². The molecule has 1 aliphatic heterocycles. The summed E-state index contributed by atoms with van der Waals surface area (Å²) in [5.41, 5.74) is 0. The Bertz CT molecular complexity index is 471. The highest BCUT2D eigenvalue weighted by atomic mass is 15.2. The fraction of sp³-hybridized carbons (Fsp3) is 0.765. The molecule has 0 amide bonds. The van der Waals surface area contributed by atoms with Crippen molar-refractivity contribution >= 4 is 5.82 Å². The van der Waals surface area contributed by atoms with Gasteiger partial charge in [-0.1, -0.05) is 12.8 Å². The zero-order valence-electron chi connectivity index (χ0n) is 13.0. The van der Waals surface area contributed by atoms with Gasteiger partial charge in [0, 0.05) is 44.6 Å². The largest absolute Gasteiger partial charge is 0.355 e. The lowest BCUT2D eigenvalue weighted by Crippen LogP contribution is -2.39. The van der Waals surface area contributed by atoms with Gasteiger partial charge in [0.05, 0.1) is 6.20 Å². The molecule has 4 heteroatoms. The smallest absolute Gasteiger partial charge is 0.147 e. The average molecular weight is 286 g/mol. The van der Waals surface area contributed by atoms with Gasteiger partial charge in [0.15, 0.2) is 0 Å². The Hall–Kier alpha value is -1.16. The van der Waals surface area contributed by atoms with Crippen LogP contribution in [-0.2, 0) is 0 Å². The molecule has 2 heterocycles. The molecule has 2 aliphatic carbocycles. The molecule has 0 N–H and O–H groups in total. The van der Waals surface area contributed by atoms with E-state index in [1.807, 2.05) is 6.20 Å². The highest BCUT2D eigenvalue weighted by Crippen LogP contribution is 2.43.